The molecule has 0 aliphatic rings. The van der Waals surface area contributed by atoms with E-state index in [9.17, 15) is 19.7 Å². The SMILES string of the molecule is COC(=O)Cn1c(=NC(=O)C=Cc2ccc([N+](=O)[O-])s2)sc2cc(Cl)cc(Cl)c21. The number of ether oxygens (including phenoxy) is 1. The van der Waals surface area contributed by atoms with Crippen molar-refractivity contribution in [3.8, 4) is 0 Å². The van der Waals surface area contributed by atoms with Gasteiger partial charge in [0.2, 0.25) is 0 Å². The van der Waals surface area contributed by atoms with Gasteiger partial charge in [0.15, 0.2) is 4.80 Å². The maximum absolute atomic E-state index is 12.3. The number of hydrogen-bond donors (Lipinski definition) is 0. The molecule has 12 heteroatoms. The predicted octanol–water partition coefficient (Wildman–Crippen LogP) is 4.29. The summed E-state index contributed by atoms with van der Waals surface area (Å²) in [6, 6.07) is 6.08. The summed E-state index contributed by atoms with van der Waals surface area (Å²) in [5.74, 6) is -1.14. The van der Waals surface area contributed by atoms with Gasteiger partial charge in [0.25, 0.3) is 5.91 Å². The third kappa shape index (κ3) is 4.91. The van der Waals surface area contributed by atoms with Crippen molar-refractivity contribution in [2.24, 2.45) is 4.99 Å². The Balaban J connectivity index is 2.01. The van der Waals surface area contributed by atoms with Crippen LogP contribution in [0.1, 0.15) is 4.88 Å². The van der Waals surface area contributed by atoms with Gasteiger partial charge in [-0.05, 0) is 24.3 Å². The summed E-state index contributed by atoms with van der Waals surface area (Å²) in [7, 11) is 1.25. The van der Waals surface area contributed by atoms with Gasteiger partial charge in [-0.15, -0.1) is 0 Å². The molecule has 3 rings (SSSR count). The minimum absolute atomic E-state index is 0.0269. The van der Waals surface area contributed by atoms with Gasteiger partial charge in [0.05, 0.1) is 27.3 Å². The molecular weight excluding hydrogens is 461 g/mol. The molecule has 0 atom stereocenters. The lowest BCUT2D eigenvalue weighted by atomic mass is 10.3. The highest BCUT2D eigenvalue weighted by atomic mass is 35.5. The molecule has 2 aromatic heterocycles. The van der Waals surface area contributed by atoms with Gasteiger partial charge < -0.3 is 9.30 Å². The fourth-order valence-electron chi connectivity index (χ4n) is 2.37. The average molecular weight is 472 g/mol. The molecule has 0 N–H and O–H groups in total. The van der Waals surface area contributed by atoms with Crippen molar-refractivity contribution in [3.05, 3.63) is 60.2 Å². The minimum atomic E-state index is -0.603. The summed E-state index contributed by atoms with van der Waals surface area (Å²) in [6.07, 6.45) is 2.63. The molecule has 0 saturated heterocycles. The minimum Gasteiger partial charge on any atom is -0.468 e. The van der Waals surface area contributed by atoms with Crippen molar-refractivity contribution in [2.45, 2.75) is 6.54 Å². The second-order valence-corrected chi connectivity index (χ2v) is 8.44. The van der Waals surface area contributed by atoms with Crippen molar-refractivity contribution < 1.29 is 19.2 Å². The summed E-state index contributed by atoms with van der Waals surface area (Å²) in [5.41, 5.74) is 0.510. The number of benzene rings is 1. The van der Waals surface area contributed by atoms with E-state index in [2.05, 4.69) is 4.99 Å². The van der Waals surface area contributed by atoms with Crippen LogP contribution >= 0.6 is 45.9 Å². The lowest BCUT2D eigenvalue weighted by Gasteiger charge is -2.05. The second-order valence-electron chi connectivity index (χ2n) is 5.50. The van der Waals surface area contributed by atoms with Crippen LogP contribution in [0.4, 0.5) is 5.00 Å². The van der Waals surface area contributed by atoms with Gasteiger partial charge in [-0.2, -0.15) is 4.99 Å². The number of methoxy groups -OCH3 is 1. The van der Waals surface area contributed by atoms with Crippen LogP contribution in [-0.2, 0) is 20.9 Å². The Bertz CT molecular complexity index is 1230. The molecule has 0 aliphatic heterocycles. The van der Waals surface area contributed by atoms with E-state index in [0.29, 0.717) is 25.1 Å². The fraction of sp³-hybridized carbons (Fsp3) is 0.118. The van der Waals surface area contributed by atoms with Crippen LogP contribution in [0.5, 0.6) is 0 Å². The van der Waals surface area contributed by atoms with Crippen LogP contribution in [0.2, 0.25) is 10.0 Å². The number of carbonyl (C=O) groups excluding carboxylic acids is 2. The molecule has 0 bridgehead atoms. The molecule has 0 radical (unpaired) electrons. The Hall–Kier alpha value is -2.53. The van der Waals surface area contributed by atoms with E-state index in [-0.39, 0.29) is 16.3 Å². The smallest absolute Gasteiger partial charge is 0.325 e. The van der Waals surface area contributed by atoms with Crippen molar-refractivity contribution in [3.63, 3.8) is 0 Å². The third-order valence-corrected chi connectivity index (χ3v) is 6.13. The number of thiophene rings is 1. The highest BCUT2D eigenvalue weighted by Gasteiger charge is 2.15. The Kier molecular flexibility index (Phi) is 6.48. The first-order valence-electron chi connectivity index (χ1n) is 7.84. The zero-order valence-corrected chi connectivity index (χ0v) is 17.8. The Morgan fingerprint density at radius 2 is 2.07 bits per heavy atom. The molecule has 3 aromatic rings. The lowest BCUT2D eigenvalue weighted by molar-refractivity contribution is -0.380. The second kappa shape index (κ2) is 8.87. The molecule has 29 heavy (non-hydrogen) atoms. The quantitative estimate of drug-likeness (QED) is 0.239. The average Bonchev–Trinajstić information content (AvgIpc) is 3.25. The summed E-state index contributed by atoms with van der Waals surface area (Å²) >= 11 is 14.4. The summed E-state index contributed by atoms with van der Waals surface area (Å²) in [6.45, 7) is -0.190. The van der Waals surface area contributed by atoms with E-state index < -0.39 is 16.8 Å². The topological polar surface area (TPSA) is 104 Å². The van der Waals surface area contributed by atoms with Gasteiger partial charge in [-0.1, -0.05) is 45.9 Å². The monoisotopic (exact) mass is 471 g/mol. The number of carbonyl (C=O) groups is 2. The number of halogens is 2. The first-order chi connectivity index (χ1) is 13.8. The highest BCUT2D eigenvalue weighted by Crippen LogP contribution is 2.30. The number of esters is 1. The molecule has 1 aromatic carbocycles. The Morgan fingerprint density at radius 3 is 2.72 bits per heavy atom. The molecule has 2 heterocycles. The maximum Gasteiger partial charge on any atom is 0.325 e. The number of nitrogens with zero attached hydrogens (tertiary/aromatic N) is 3. The molecule has 1 amide bonds. The van der Waals surface area contributed by atoms with Gasteiger partial charge in [0, 0.05) is 22.0 Å². The van der Waals surface area contributed by atoms with E-state index in [4.69, 9.17) is 27.9 Å². The molecule has 0 saturated carbocycles. The van der Waals surface area contributed by atoms with Crippen molar-refractivity contribution in [2.75, 3.05) is 7.11 Å². The van der Waals surface area contributed by atoms with Gasteiger partial charge in [0.1, 0.15) is 6.54 Å². The third-order valence-electron chi connectivity index (χ3n) is 3.60. The number of hydrogen-bond acceptors (Lipinski definition) is 7. The van der Waals surface area contributed by atoms with Gasteiger partial charge >= 0.3 is 11.0 Å². The molecule has 8 nitrogen and oxygen atoms in total. The molecule has 0 unspecified atom stereocenters. The molecule has 0 fully saturated rings. The maximum atomic E-state index is 12.3. The summed E-state index contributed by atoms with van der Waals surface area (Å²) in [5, 5.41) is 11.4. The zero-order valence-electron chi connectivity index (χ0n) is 14.6. The zero-order chi connectivity index (χ0) is 21.1. The van der Waals surface area contributed by atoms with Crippen LogP contribution < -0.4 is 4.80 Å². The van der Waals surface area contributed by atoms with Crippen molar-refractivity contribution >= 4 is 79.0 Å². The molecule has 150 valence electrons. The van der Waals surface area contributed by atoms with E-state index in [1.807, 2.05) is 0 Å². The lowest BCUT2D eigenvalue weighted by Crippen LogP contribution is -2.22. The summed E-state index contributed by atoms with van der Waals surface area (Å²) in [4.78, 5) is 39.1. The molecule has 0 aliphatic carbocycles. The first-order valence-corrected chi connectivity index (χ1v) is 10.2. The van der Waals surface area contributed by atoms with Crippen LogP contribution in [0.25, 0.3) is 16.3 Å². The van der Waals surface area contributed by atoms with E-state index >= 15 is 0 Å². The van der Waals surface area contributed by atoms with Gasteiger partial charge in [-0.3, -0.25) is 19.7 Å². The van der Waals surface area contributed by atoms with E-state index in [0.717, 1.165) is 22.7 Å². The van der Waals surface area contributed by atoms with Crippen LogP contribution in [-0.4, -0.2) is 28.5 Å². The van der Waals surface area contributed by atoms with Crippen molar-refractivity contribution in [1.82, 2.24) is 4.57 Å². The Labute approximate surface area is 181 Å². The predicted molar refractivity (Wildman–Crippen MR) is 112 cm³/mol. The number of fused-ring (bicyclic) bond motifs is 1. The largest absolute Gasteiger partial charge is 0.468 e. The van der Waals surface area contributed by atoms with Gasteiger partial charge in [-0.25, -0.2) is 0 Å². The molecule has 0 spiro atoms. The van der Waals surface area contributed by atoms with Crippen LogP contribution in [0.3, 0.4) is 0 Å². The number of rotatable bonds is 5. The van der Waals surface area contributed by atoms with E-state index in [1.165, 1.54) is 42.0 Å². The normalized spacial score (nSPS) is 12.0. The molecular formula is C17H11Cl2N3O5S2. The number of thiazole rings is 1. The van der Waals surface area contributed by atoms with Crippen LogP contribution in [0, 0.1) is 10.1 Å². The van der Waals surface area contributed by atoms with Crippen molar-refractivity contribution in [1.29, 1.82) is 0 Å². The standard InChI is InChI=1S/C17H11Cl2N3O5S2/c1-27-15(24)8-21-16-11(19)6-9(18)7-12(16)29-17(21)20-13(23)4-2-10-3-5-14(28-10)22(25)26/h2-7H,8H2,1H3. The first kappa shape index (κ1) is 21.2. The fourth-order valence-corrected chi connectivity index (χ4v) is 4.91. The summed E-state index contributed by atoms with van der Waals surface area (Å²) < 4.78 is 6.83. The van der Waals surface area contributed by atoms with E-state index in [1.54, 1.807) is 6.07 Å². The van der Waals surface area contributed by atoms with Crippen LogP contribution in [0.15, 0.2) is 35.3 Å². The number of amides is 1. The Morgan fingerprint density at radius 1 is 1.31 bits per heavy atom. The number of nitro groups is 1. The highest BCUT2D eigenvalue weighted by molar-refractivity contribution is 7.16. The number of aromatic nitrogens is 1.